The Balaban J connectivity index is 1.42. The highest BCUT2D eigenvalue weighted by atomic mass is 32.2. The third-order valence-electron chi connectivity index (χ3n) is 11.3. The number of hydrogen-bond donors (Lipinski definition) is 1. The quantitative estimate of drug-likeness (QED) is 0.227. The topological polar surface area (TPSA) is 119 Å². The molecule has 2 fully saturated rings. The van der Waals surface area contributed by atoms with Gasteiger partial charge >= 0.3 is 0 Å². The van der Waals surface area contributed by atoms with Gasteiger partial charge in [0.1, 0.15) is 5.75 Å². The average molecular weight is 727 g/mol. The summed E-state index contributed by atoms with van der Waals surface area (Å²) in [5, 5.41) is 4.94. The molecule has 0 spiro atoms. The molecular weight excluding hydrogens is 677 g/mol. The molecule has 4 heterocycles. The zero-order valence-corrected chi connectivity index (χ0v) is 31.9. The lowest BCUT2D eigenvalue weighted by atomic mass is 9.81. The molecule has 0 bridgehead atoms. The normalized spacial score (nSPS) is 18.3. The maximum atomic E-state index is 14.3. The summed E-state index contributed by atoms with van der Waals surface area (Å²) in [5.41, 5.74) is 7.68. The van der Waals surface area contributed by atoms with Crippen molar-refractivity contribution in [3.05, 3.63) is 70.5 Å². The Bertz CT molecular complexity index is 2170. The van der Waals surface area contributed by atoms with Gasteiger partial charge in [0.25, 0.3) is 11.8 Å². The Morgan fingerprint density at radius 3 is 2.48 bits per heavy atom. The van der Waals surface area contributed by atoms with Gasteiger partial charge in [0.05, 0.1) is 42.1 Å². The van der Waals surface area contributed by atoms with Gasteiger partial charge in [-0.1, -0.05) is 25.3 Å². The van der Waals surface area contributed by atoms with Crippen molar-refractivity contribution in [1.29, 1.82) is 0 Å². The molecule has 3 aliphatic rings. The molecule has 2 aromatic heterocycles. The number of nitrogens with one attached hydrogen (secondary N) is 1. The van der Waals surface area contributed by atoms with Crippen LogP contribution in [0.5, 0.6) is 5.75 Å². The first-order chi connectivity index (χ1) is 24.9. The van der Waals surface area contributed by atoms with Gasteiger partial charge in [-0.15, -0.1) is 0 Å². The number of aryl methyl sites for hydroxylation is 1. The molecule has 2 aliphatic heterocycles. The standard InChI is InChI=1S/C40H50N6O5S/c1-25(2)52(49,50)42-39(47)27-14-16-33-35(21-27)46-23-29(37-34(22-41-44(37)5)40(48)45-18-10-13-30(24-45)43(3)4)19-28-20-31(51-6)15-17-32(28)38(46)36(33)26-11-8-7-9-12-26/h14-17,19-22,25-26,30H,7-13,18,23-24H2,1-6H3,(H,42,47). The van der Waals surface area contributed by atoms with Gasteiger partial charge in [-0.25, -0.2) is 13.1 Å². The second-order valence-corrected chi connectivity index (χ2v) is 17.3. The summed E-state index contributed by atoms with van der Waals surface area (Å²) in [5.74, 6) is 0.365. The zero-order chi connectivity index (χ0) is 36.9. The summed E-state index contributed by atoms with van der Waals surface area (Å²) in [6, 6.07) is 12.0. The summed E-state index contributed by atoms with van der Waals surface area (Å²) < 4.78 is 37.5. The number of methoxy groups -OCH3 is 1. The van der Waals surface area contributed by atoms with Gasteiger partial charge in [0.15, 0.2) is 0 Å². The minimum Gasteiger partial charge on any atom is -0.497 e. The number of sulfonamides is 1. The van der Waals surface area contributed by atoms with Crippen molar-refractivity contribution in [1.82, 2.24) is 28.9 Å². The molecule has 1 aliphatic carbocycles. The molecule has 2 aromatic carbocycles. The van der Waals surface area contributed by atoms with E-state index in [-0.39, 0.29) is 11.5 Å². The Hall–Kier alpha value is -4.42. The minimum atomic E-state index is -3.83. The fourth-order valence-corrected chi connectivity index (χ4v) is 8.95. The highest BCUT2D eigenvalue weighted by Crippen LogP contribution is 2.48. The van der Waals surface area contributed by atoms with Gasteiger partial charge in [-0.3, -0.25) is 14.3 Å². The molecule has 1 saturated carbocycles. The van der Waals surface area contributed by atoms with E-state index in [4.69, 9.17) is 4.74 Å². The molecule has 2 amide bonds. The van der Waals surface area contributed by atoms with Crippen molar-refractivity contribution in [2.24, 2.45) is 7.05 Å². The van der Waals surface area contributed by atoms with E-state index in [2.05, 4.69) is 45.5 Å². The van der Waals surface area contributed by atoms with Crippen LogP contribution in [0.3, 0.4) is 0 Å². The zero-order valence-electron chi connectivity index (χ0n) is 31.1. The van der Waals surface area contributed by atoms with Crippen molar-refractivity contribution >= 4 is 44.4 Å². The SMILES string of the molecule is COc1ccc2c(c1)C=C(c1c(C(=O)N3CCCC(N(C)C)C3)cnn1C)Cn1c-2c(C2CCCCC2)c2ccc(C(=O)NS(=O)(=O)C(C)C)cc21. The molecule has 276 valence electrons. The van der Waals surface area contributed by atoms with Crippen LogP contribution in [0.4, 0.5) is 0 Å². The Kier molecular flexibility index (Phi) is 9.81. The first kappa shape index (κ1) is 36.0. The molecule has 52 heavy (non-hydrogen) atoms. The number of carbonyl (C=O) groups is 2. The van der Waals surface area contributed by atoms with Gasteiger partial charge < -0.3 is 19.1 Å². The molecule has 1 N–H and O–H groups in total. The molecule has 1 saturated heterocycles. The number of allylic oxidation sites excluding steroid dienone is 1. The van der Waals surface area contributed by atoms with Gasteiger partial charge in [0.2, 0.25) is 10.0 Å². The summed E-state index contributed by atoms with van der Waals surface area (Å²) in [6.07, 6.45) is 11.5. The van der Waals surface area contributed by atoms with Crippen molar-refractivity contribution in [3.8, 4) is 17.0 Å². The van der Waals surface area contributed by atoms with E-state index in [0.717, 1.165) is 83.3 Å². The van der Waals surface area contributed by atoms with E-state index in [9.17, 15) is 18.0 Å². The van der Waals surface area contributed by atoms with Crippen molar-refractivity contribution in [3.63, 3.8) is 0 Å². The van der Waals surface area contributed by atoms with E-state index >= 15 is 0 Å². The molecular formula is C40H50N6O5S. The van der Waals surface area contributed by atoms with Crippen LogP contribution in [0, 0.1) is 0 Å². The van der Waals surface area contributed by atoms with E-state index < -0.39 is 21.2 Å². The fourth-order valence-electron chi connectivity index (χ4n) is 8.34. The molecule has 12 heteroatoms. The lowest BCUT2D eigenvalue weighted by Gasteiger charge is -2.36. The van der Waals surface area contributed by atoms with E-state index in [1.807, 2.05) is 36.2 Å². The van der Waals surface area contributed by atoms with Crippen LogP contribution in [0.1, 0.15) is 102 Å². The number of nitrogens with zero attached hydrogens (tertiary/aromatic N) is 5. The van der Waals surface area contributed by atoms with Crippen LogP contribution in [0.25, 0.3) is 33.8 Å². The Labute approximate surface area is 306 Å². The minimum absolute atomic E-state index is 0.0311. The molecule has 7 rings (SSSR count). The van der Waals surface area contributed by atoms with Crippen LogP contribution >= 0.6 is 0 Å². The van der Waals surface area contributed by atoms with E-state index in [0.29, 0.717) is 37.2 Å². The van der Waals surface area contributed by atoms with Crippen LogP contribution in [0.15, 0.2) is 42.6 Å². The van der Waals surface area contributed by atoms with Crippen LogP contribution in [-0.2, 0) is 23.6 Å². The summed E-state index contributed by atoms with van der Waals surface area (Å²) in [7, 11) is 3.84. The highest BCUT2D eigenvalue weighted by Gasteiger charge is 2.33. The molecule has 11 nitrogen and oxygen atoms in total. The predicted molar refractivity (Wildman–Crippen MR) is 205 cm³/mol. The monoisotopic (exact) mass is 726 g/mol. The first-order valence-corrected chi connectivity index (χ1v) is 20.0. The number of aromatic nitrogens is 3. The lowest BCUT2D eigenvalue weighted by molar-refractivity contribution is 0.0634. The predicted octanol–water partition coefficient (Wildman–Crippen LogP) is 6.29. The van der Waals surface area contributed by atoms with Gasteiger partial charge in [-0.2, -0.15) is 5.10 Å². The van der Waals surface area contributed by atoms with Crippen molar-refractivity contribution in [2.45, 2.75) is 82.5 Å². The van der Waals surface area contributed by atoms with Crippen LogP contribution in [-0.4, -0.2) is 90.0 Å². The first-order valence-electron chi connectivity index (χ1n) is 18.5. The number of fused-ring (bicyclic) bond motifs is 5. The molecule has 4 aromatic rings. The summed E-state index contributed by atoms with van der Waals surface area (Å²) in [6.45, 7) is 4.86. The second kappa shape index (κ2) is 14.2. The van der Waals surface area contributed by atoms with Crippen molar-refractivity contribution in [2.75, 3.05) is 34.3 Å². The number of rotatable bonds is 8. The molecule has 1 unspecified atom stereocenters. The number of likely N-dealkylation sites (N-methyl/N-ethyl adjacent to an activating group) is 1. The highest BCUT2D eigenvalue weighted by molar-refractivity contribution is 7.90. The Morgan fingerprint density at radius 2 is 1.77 bits per heavy atom. The molecule has 1 atom stereocenters. The third-order valence-corrected chi connectivity index (χ3v) is 13.0. The van der Waals surface area contributed by atoms with Gasteiger partial charge in [-0.05, 0) is 113 Å². The number of piperidine rings is 1. The van der Waals surface area contributed by atoms with E-state index in [1.165, 1.54) is 12.0 Å². The lowest BCUT2D eigenvalue weighted by Crippen LogP contribution is -2.47. The maximum absolute atomic E-state index is 14.3. The van der Waals surface area contributed by atoms with Gasteiger partial charge in [0, 0.05) is 48.2 Å². The number of amides is 2. The number of hydrogen-bond acceptors (Lipinski definition) is 7. The third kappa shape index (κ3) is 6.55. The van der Waals surface area contributed by atoms with Crippen molar-refractivity contribution < 1.29 is 22.7 Å². The molecule has 0 radical (unpaired) electrons. The van der Waals surface area contributed by atoms with Crippen LogP contribution < -0.4 is 9.46 Å². The largest absolute Gasteiger partial charge is 0.497 e. The summed E-state index contributed by atoms with van der Waals surface area (Å²) in [4.78, 5) is 32.0. The number of carbonyl (C=O) groups excluding carboxylic acids is 2. The number of likely N-dealkylation sites (tertiary alicyclic amines) is 1. The van der Waals surface area contributed by atoms with E-state index in [1.54, 1.807) is 37.9 Å². The second-order valence-electron chi connectivity index (χ2n) is 15.1. The summed E-state index contributed by atoms with van der Waals surface area (Å²) >= 11 is 0. The Morgan fingerprint density at radius 1 is 1.00 bits per heavy atom. The maximum Gasteiger partial charge on any atom is 0.264 e. The van der Waals surface area contributed by atoms with Crippen LogP contribution in [0.2, 0.25) is 0 Å². The smallest absolute Gasteiger partial charge is 0.264 e. The fraction of sp³-hybridized carbons (Fsp3) is 0.475. The average Bonchev–Trinajstić information content (AvgIpc) is 3.62. The number of benzene rings is 2. The number of ether oxygens (including phenoxy) is 1.